The second kappa shape index (κ2) is 7.17. The van der Waals surface area contributed by atoms with E-state index in [9.17, 15) is 4.79 Å². The maximum atomic E-state index is 11.9. The monoisotopic (exact) mass is 244 g/mol. The summed E-state index contributed by atoms with van der Waals surface area (Å²) in [6.45, 7) is 6.12. The lowest BCUT2D eigenvalue weighted by molar-refractivity contribution is -0.124. The Labute approximate surface area is 103 Å². The van der Waals surface area contributed by atoms with E-state index in [4.69, 9.17) is 0 Å². The number of hydrogen-bond acceptors (Lipinski definition) is 3. The average Bonchev–Trinajstić information content (AvgIpc) is 2.29. The van der Waals surface area contributed by atoms with Crippen molar-refractivity contribution in [2.24, 2.45) is 5.92 Å². The number of nitrogens with one attached hydrogen (secondary N) is 2. The van der Waals surface area contributed by atoms with E-state index in [0.717, 1.165) is 25.9 Å². The highest BCUT2D eigenvalue weighted by Crippen LogP contribution is 2.15. The molecule has 0 bridgehead atoms. The van der Waals surface area contributed by atoms with Crippen LogP contribution in [0.4, 0.5) is 0 Å². The molecule has 16 heavy (non-hydrogen) atoms. The van der Waals surface area contributed by atoms with Crippen LogP contribution in [0.1, 0.15) is 33.1 Å². The van der Waals surface area contributed by atoms with Crippen molar-refractivity contribution in [3.05, 3.63) is 0 Å². The molecule has 3 unspecified atom stereocenters. The maximum Gasteiger partial charge on any atom is 0.237 e. The molecule has 1 heterocycles. The zero-order valence-corrected chi connectivity index (χ0v) is 11.4. The van der Waals surface area contributed by atoms with Gasteiger partial charge in [-0.1, -0.05) is 13.8 Å². The van der Waals surface area contributed by atoms with Gasteiger partial charge in [0.05, 0.1) is 6.04 Å². The predicted molar refractivity (Wildman–Crippen MR) is 70.8 cm³/mol. The standard InChI is InChI=1S/C12H24N2OS/c1-9-5-4-7-13-11(9)12(15)14-8-6-10(2)16-3/h9-11,13H,4-8H2,1-3H3,(H,14,15). The van der Waals surface area contributed by atoms with E-state index in [-0.39, 0.29) is 11.9 Å². The molecule has 0 radical (unpaired) electrons. The summed E-state index contributed by atoms with van der Waals surface area (Å²) in [6, 6.07) is 0.0262. The minimum absolute atomic E-state index is 0.0262. The first-order valence-corrected chi connectivity index (χ1v) is 7.47. The molecule has 0 aliphatic carbocycles. The molecule has 0 aromatic carbocycles. The first kappa shape index (κ1) is 13.8. The maximum absolute atomic E-state index is 11.9. The van der Waals surface area contributed by atoms with Crippen molar-refractivity contribution in [3.63, 3.8) is 0 Å². The van der Waals surface area contributed by atoms with Gasteiger partial charge in [0.1, 0.15) is 0 Å². The smallest absolute Gasteiger partial charge is 0.237 e. The highest BCUT2D eigenvalue weighted by molar-refractivity contribution is 7.99. The van der Waals surface area contributed by atoms with Crippen LogP contribution >= 0.6 is 11.8 Å². The van der Waals surface area contributed by atoms with E-state index in [2.05, 4.69) is 30.7 Å². The Bertz CT molecular complexity index is 223. The van der Waals surface area contributed by atoms with E-state index in [1.54, 1.807) is 0 Å². The van der Waals surface area contributed by atoms with Crippen LogP contribution in [0.5, 0.6) is 0 Å². The number of hydrogen-bond donors (Lipinski definition) is 2. The molecule has 1 amide bonds. The predicted octanol–water partition coefficient (Wildman–Crippen LogP) is 1.63. The van der Waals surface area contributed by atoms with Crippen LogP contribution in [-0.2, 0) is 4.79 Å². The molecule has 3 atom stereocenters. The minimum atomic E-state index is 0.0262. The van der Waals surface area contributed by atoms with Crippen molar-refractivity contribution in [2.75, 3.05) is 19.3 Å². The summed E-state index contributed by atoms with van der Waals surface area (Å²) >= 11 is 1.85. The van der Waals surface area contributed by atoms with E-state index in [1.807, 2.05) is 11.8 Å². The van der Waals surface area contributed by atoms with Gasteiger partial charge in [-0.2, -0.15) is 11.8 Å². The molecule has 4 heteroatoms. The quantitative estimate of drug-likeness (QED) is 0.772. The summed E-state index contributed by atoms with van der Waals surface area (Å²) in [6.07, 6.45) is 5.51. The van der Waals surface area contributed by atoms with Gasteiger partial charge in [0.2, 0.25) is 5.91 Å². The van der Waals surface area contributed by atoms with E-state index in [0.29, 0.717) is 11.2 Å². The molecule has 1 aliphatic rings. The van der Waals surface area contributed by atoms with Gasteiger partial charge in [0, 0.05) is 11.8 Å². The summed E-state index contributed by atoms with van der Waals surface area (Å²) in [5, 5.41) is 6.96. The zero-order chi connectivity index (χ0) is 12.0. The molecule has 1 rings (SSSR count). The van der Waals surface area contributed by atoms with Gasteiger partial charge in [-0.05, 0) is 38.0 Å². The van der Waals surface area contributed by atoms with Crippen LogP contribution < -0.4 is 10.6 Å². The first-order valence-electron chi connectivity index (χ1n) is 6.19. The zero-order valence-electron chi connectivity index (χ0n) is 10.6. The Balaban J connectivity index is 2.23. The number of piperidine rings is 1. The van der Waals surface area contributed by atoms with Gasteiger partial charge in [-0.3, -0.25) is 4.79 Å². The molecular formula is C12H24N2OS. The van der Waals surface area contributed by atoms with Gasteiger partial charge in [0.15, 0.2) is 0 Å². The van der Waals surface area contributed by atoms with Crippen molar-refractivity contribution in [3.8, 4) is 0 Å². The van der Waals surface area contributed by atoms with Crippen molar-refractivity contribution in [1.29, 1.82) is 0 Å². The lowest BCUT2D eigenvalue weighted by atomic mass is 9.92. The lowest BCUT2D eigenvalue weighted by Gasteiger charge is -2.29. The van der Waals surface area contributed by atoms with E-state index < -0.39 is 0 Å². The molecule has 0 aromatic heterocycles. The van der Waals surface area contributed by atoms with Crippen molar-refractivity contribution >= 4 is 17.7 Å². The Morgan fingerprint density at radius 2 is 2.38 bits per heavy atom. The summed E-state index contributed by atoms with van der Waals surface area (Å²) in [4.78, 5) is 11.9. The second-order valence-corrected chi connectivity index (χ2v) is 5.95. The van der Waals surface area contributed by atoms with Crippen molar-refractivity contribution < 1.29 is 4.79 Å². The normalized spacial score (nSPS) is 27.4. The SMILES string of the molecule is CSC(C)CCNC(=O)C1NCCCC1C. The third kappa shape index (κ3) is 4.34. The first-order chi connectivity index (χ1) is 7.65. The molecule has 1 saturated heterocycles. The Morgan fingerprint density at radius 3 is 3.00 bits per heavy atom. The fraction of sp³-hybridized carbons (Fsp3) is 0.917. The minimum Gasteiger partial charge on any atom is -0.355 e. The number of rotatable bonds is 5. The van der Waals surface area contributed by atoms with Gasteiger partial charge in [-0.25, -0.2) is 0 Å². The molecule has 0 aromatic rings. The third-order valence-electron chi connectivity index (χ3n) is 3.30. The van der Waals surface area contributed by atoms with Crippen LogP contribution in [0.2, 0.25) is 0 Å². The van der Waals surface area contributed by atoms with Crippen LogP contribution in [0.25, 0.3) is 0 Å². The average molecular weight is 244 g/mol. The third-order valence-corrected chi connectivity index (χ3v) is 4.34. The Hall–Kier alpha value is -0.220. The highest BCUT2D eigenvalue weighted by atomic mass is 32.2. The van der Waals surface area contributed by atoms with E-state index in [1.165, 1.54) is 6.42 Å². The lowest BCUT2D eigenvalue weighted by Crippen LogP contribution is -2.51. The van der Waals surface area contributed by atoms with Crippen molar-refractivity contribution in [2.45, 2.75) is 44.4 Å². The molecule has 1 fully saturated rings. The molecule has 3 nitrogen and oxygen atoms in total. The van der Waals surface area contributed by atoms with Gasteiger partial charge in [0.25, 0.3) is 0 Å². The van der Waals surface area contributed by atoms with Crippen molar-refractivity contribution in [1.82, 2.24) is 10.6 Å². The number of thioether (sulfide) groups is 1. The molecule has 1 aliphatic heterocycles. The van der Waals surface area contributed by atoms with Crippen LogP contribution in [0, 0.1) is 5.92 Å². The van der Waals surface area contributed by atoms with E-state index >= 15 is 0 Å². The summed E-state index contributed by atoms with van der Waals surface area (Å²) in [5.74, 6) is 0.646. The fourth-order valence-electron chi connectivity index (χ4n) is 2.03. The van der Waals surface area contributed by atoms with Gasteiger partial charge in [-0.15, -0.1) is 0 Å². The largest absolute Gasteiger partial charge is 0.355 e. The van der Waals surface area contributed by atoms with Crippen LogP contribution in [-0.4, -0.2) is 36.5 Å². The molecule has 0 spiro atoms. The Morgan fingerprint density at radius 1 is 1.62 bits per heavy atom. The van der Waals surface area contributed by atoms with Gasteiger partial charge < -0.3 is 10.6 Å². The summed E-state index contributed by atoms with van der Waals surface area (Å²) in [5.41, 5.74) is 0. The number of carbonyl (C=O) groups is 1. The molecule has 94 valence electrons. The van der Waals surface area contributed by atoms with Crippen LogP contribution in [0.3, 0.4) is 0 Å². The summed E-state index contributed by atoms with van der Waals surface area (Å²) in [7, 11) is 0. The fourth-order valence-corrected chi connectivity index (χ4v) is 2.38. The topological polar surface area (TPSA) is 41.1 Å². The molecule has 2 N–H and O–H groups in total. The molecular weight excluding hydrogens is 220 g/mol. The highest BCUT2D eigenvalue weighted by Gasteiger charge is 2.26. The summed E-state index contributed by atoms with van der Waals surface area (Å²) < 4.78 is 0. The van der Waals surface area contributed by atoms with Gasteiger partial charge >= 0.3 is 0 Å². The molecule has 0 saturated carbocycles. The number of amides is 1. The number of carbonyl (C=O) groups excluding carboxylic acids is 1. The Kier molecular flexibility index (Phi) is 6.21. The van der Waals surface area contributed by atoms with Crippen LogP contribution in [0.15, 0.2) is 0 Å². The second-order valence-electron chi connectivity index (χ2n) is 4.68.